The molecule has 0 aromatic heterocycles. The Bertz CT molecular complexity index is 467. The Balaban J connectivity index is 0.00000841. The Labute approximate surface area is 214 Å². The second-order valence-corrected chi connectivity index (χ2v) is 9.89. The van der Waals surface area contributed by atoms with E-state index in [4.69, 9.17) is 0 Å². The average Bonchev–Trinajstić information content (AvgIpc) is 2.95. The van der Waals surface area contributed by atoms with Crippen molar-refractivity contribution >= 4 is 35.3 Å². The van der Waals surface area contributed by atoms with Crippen LogP contribution in [0.4, 0.5) is 0 Å². The van der Waals surface area contributed by atoms with Crippen molar-refractivity contribution in [1.82, 2.24) is 10.0 Å². The number of rotatable bonds is 18. The van der Waals surface area contributed by atoms with Gasteiger partial charge in [-0.15, -0.1) is 6.26 Å². The number of thioether (sulfide) groups is 2. The second kappa shape index (κ2) is 19.8. The Morgan fingerprint density at radius 1 is 0.700 bits per heavy atom. The number of carbonyl (C=O) groups is 2. The van der Waals surface area contributed by atoms with Crippen LogP contribution in [0.2, 0.25) is 0 Å². The van der Waals surface area contributed by atoms with Gasteiger partial charge in [-0.05, 0) is 48.7 Å². The smallest absolute Gasteiger partial charge is 0.877 e. The van der Waals surface area contributed by atoms with Crippen molar-refractivity contribution in [2.24, 2.45) is 0 Å². The van der Waals surface area contributed by atoms with Gasteiger partial charge in [0.25, 0.3) is 11.8 Å². The minimum atomic E-state index is -0.426. The Morgan fingerprint density at radius 2 is 1.10 bits per heavy atom. The van der Waals surface area contributed by atoms with Gasteiger partial charge in [-0.25, -0.2) is 10.0 Å². The zero-order valence-electron chi connectivity index (χ0n) is 19.3. The van der Waals surface area contributed by atoms with Crippen molar-refractivity contribution < 1.29 is 44.3 Å². The third-order valence-electron chi connectivity index (χ3n) is 4.94. The van der Waals surface area contributed by atoms with Crippen molar-refractivity contribution in [2.75, 3.05) is 36.1 Å². The van der Waals surface area contributed by atoms with E-state index in [1.807, 2.05) is 23.5 Å². The molecule has 1 aliphatic rings. The van der Waals surface area contributed by atoms with E-state index in [9.17, 15) is 14.7 Å². The van der Waals surface area contributed by atoms with E-state index >= 15 is 0 Å². The molecule has 0 atom stereocenters. The van der Waals surface area contributed by atoms with E-state index in [0.29, 0.717) is 19.4 Å². The average molecular weight is 467 g/mol. The van der Waals surface area contributed by atoms with Gasteiger partial charge in [0, 0.05) is 13.1 Å². The quantitative estimate of drug-likeness (QED) is 0.1000. The second-order valence-electron chi connectivity index (χ2n) is 7.44. The van der Waals surface area contributed by atoms with E-state index in [1.165, 1.54) is 61.4 Å². The van der Waals surface area contributed by atoms with Crippen LogP contribution >= 0.6 is 23.5 Å². The number of nitrogens with zero attached hydrogens (tertiary/aromatic N) is 2. The molecule has 1 heterocycles. The molecule has 5 nitrogen and oxygen atoms in total. The van der Waals surface area contributed by atoms with Crippen LogP contribution in [0.15, 0.2) is 11.8 Å². The first kappa shape index (κ1) is 30.2. The summed E-state index contributed by atoms with van der Waals surface area (Å²) < 4.78 is 0. The zero-order valence-corrected chi connectivity index (χ0v) is 23.0. The molecule has 1 fully saturated rings. The summed E-state index contributed by atoms with van der Waals surface area (Å²) in [4.78, 5) is 24.8. The fourth-order valence-electron chi connectivity index (χ4n) is 3.23. The van der Waals surface area contributed by atoms with Crippen LogP contribution < -0.4 is 34.7 Å². The van der Waals surface area contributed by atoms with Crippen LogP contribution in [-0.2, 0) is 9.59 Å². The topological polar surface area (TPSA) is 63.7 Å². The molecule has 0 unspecified atom stereocenters. The molecule has 0 bridgehead atoms. The summed E-state index contributed by atoms with van der Waals surface area (Å²) in [5.41, 5.74) is -0.218. The summed E-state index contributed by atoms with van der Waals surface area (Å²) >= 11 is 3.82. The minimum Gasteiger partial charge on any atom is -0.877 e. The molecule has 2 amide bonds. The van der Waals surface area contributed by atoms with Crippen LogP contribution in [-0.4, -0.2) is 57.9 Å². The molecular formula is C22H39N2NaO3S2. The number of hydrogen-bond acceptors (Lipinski definition) is 5. The molecule has 1 rings (SSSR count). The molecular weight excluding hydrogens is 427 g/mol. The van der Waals surface area contributed by atoms with Crippen molar-refractivity contribution in [1.29, 1.82) is 0 Å². The first-order valence-corrected chi connectivity index (χ1v) is 13.6. The van der Waals surface area contributed by atoms with E-state index < -0.39 is 11.8 Å². The number of hydrazine groups is 1. The Morgan fingerprint density at radius 3 is 1.47 bits per heavy atom. The van der Waals surface area contributed by atoms with Crippen molar-refractivity contribution in [3.05, 3.63) is 11.8 Å². The monoisotopic (exact) mass is 466 g/mol. The van der Waals surface area contributed by atoms with Crippen LogP contribution in [0.5, 0.6) is 0 Å². The number of amides is 2. The van der Waals surface area contributed by atoms with Crippen LogP contribution in [0.3, 0.4) is 0 Å². The molecule has 0 radical (unpaired) electrons. The molecule has 0 N–H and O–H groups in total. The third kappa shape index (κ3) is 11.7. The maximum absolute atomic E-state index is 12.4. The predicted octanol–water partition coefficient (Wildman–Crippen LogP) is 1.23. The SMILES string of the molecule is CCCCCCSCCCN1C(=O)C(=C[O-])C(=O)N1CCCSCCCCCC.[Na+]. The summed E-state index contributed by atoms with van der Waals surface area (Å²) in [6.45, 7) is 5.44. The molecule has 0 spiro atoms. The molecule has 1 saturated heterocycles. The van der Waals surface area contributed by atoms with E-state index in [1.54, 1.807) is 0 Å². The van der Waals surface area contributed by atoms with E-state index in [-0.39, 0.29) is 35.1 Å². The maximum atomic E-state index is 12.4. The first-order chi connectivity index (χ1) is 14.2. The van der Waals surface area contributed by atoms with Gasteiger partial charge in [-0.1, -0.05) is 52.4 Å². The van der Waals surface area contributed by atoms with Gasteiger partial charge in [0.15, 0.2) is 0 Å². The van der Waals surface area contributed by atoms with Gasteiger partial charge in [-0.3, -0.25) is 9.59 Å². The van der Waals surface area contributed by atoms with Crippen LogP contribution in [0.25, 0.3) is 0 Å². The largest absolute Gasteiger partial charge is 1.00 e. The van der Waals surface area contributed by atoms with Crippen LogP contribution in [0.1, 0.15) is 78.1 Å². The molecule has 0 aliphatic carbocycles. The van der Waals surface area contributed by atoms with Crippen molar-refractivity contribution in [3.8, 4) is 0 Å². The van der Waals surface area contributed by atoms with Crippen molar-refractivity contribution in [2.45, 2.75) is 78.1 Å². The molecule has 168 valence electrons. The van der Waals surface area contributed by atoms with Gasteiger partial charge in [0.1, 0.15) is 0 Å². The maximum Gasteiger partial charge on any atom is 1.00 e. The fourth-order valence-corrected chi connectivity index (χ4v) is 5.12. The molecule has 1 aliphatic heterocycles. The molecule has 0 aromatic carbocycles. The van der Waals surface area contributed by atoms with Crippen molar-refractivity contribution in [3.63, 3.8) is 0 Å². The normalized spacial score (nSPS) is 13.9. The van der Waals surface area contributed by atoms with Gasteiger partial charge in [0.05, 0.1) is 5.57 Å². The number of carbonyl (C=O) groups excluding carboxylic acids is 2. The van der Waals surface area contributed by atoms with Crippen LogP contribution in [0, 0.1) is 0 Å². The molecule has 0 aromatic rings. The van der Waals surface area contributed by atoms with Gasteiger partial charge < -0.3 is 5.11 Å². The van der Waals surface area contributed by atoms with Gasteiger partial charge >= 0.3 is 29.6 Å². The molecule has 8 heteroatoms. The fraction of sp³-hybridized carbons (Fsp3) is 0.818. The molecule has 30 heavy (non-hydrogen) atoms. The first-order valence-electron chi connectivity index (χ1n) is 11.3. The summed E-state index contributed by atoms with van der Waals surface area (Å²) in [5.74, 6) is 3.40. The van der Waals surface area contributed by atoms with E-state index in [0.717, 1.165) is 35.9 Å². The van der Waals surface area contributed by atoms with Gasteiger partial charge in [0.2, 0.25) is 0 Å². The third-order valence-corrected chi connectivity index (χ3v) is 7.25. The number of unbranched alkanes of at least 4 members (excludes halogenated alkanes) is 6. The summed E-state index contributed by atoms with van der Waals surface area (Å²) in [5, 5.41) is 14.2. The summed E-state index contributed by atoms with van der Waals surface area (Å²) in [7, 11) is 0. The molecule has 0 saturated carbocycles. The minimum absolute atomic E-state index is 0. The summed E-state index contributed by atoms with van der Waals surface area (Å²) in [6, 6.07) is 0. The standard InChI is InChI=1S/C22H40N2O3S2.Na/c1-3-5-7-9-15-28-17-11-13-23-21(26)20(19-25)22(27)24(23)14-12-18-29-16-10-8-6-4-2;/h19,25H,3-18H2,1-2H3;/q;+1/p-1. The Kier molecular flexibility index (Phi) is 20.0. The zero-order chi connectivity index (χ0) is 21.3. The Hall–Kier alpha value is 0.180. The number of hydrogen-bond donors (Lipinski definition) is 0. The summed E-state index contributed by atoms with van der Waals surface area (Å²) in [6.07, 6.45) is 12.2. The van der Waals surface area contributed by atoms with E-state index in [2.05, 4.69) is 13.8 Å². The predicted molar refractivity (Wildman–Crippen MR) is 124 cm³/mol. The van der Waals surface area contributed by atoms with Gasteiger partial charge in [-0.2, -0.15) is 23.5 Å².